The zero-order valence-corrected chi connectivity index (χ0v) is 22.1. The molecule has 1 aliphatic carbocycles. The van der Waals surface area contributed by atoms with E-state index in [0.717, 1.165) is 36.4 Å². The number of hydrogen-bond acceptors (Lipinski definition) is 3. The van der Waals surface area contributed by atoms with Crippen LogP contribution in [0, 0.1) is 5.92 Å². The van der Waals surface area contributed by atoms with E-state index in [1.165, 1.54) is 95.5 Å². The Morgan fingerprint density at radius 2 is 1.51 bits per heavy atom. The number of benzene rings is 1. The fraction of sp³-hybridized carbons (Fsp3) is 0.625. The quantitative estimate of drug-likeness (QED) is 0.129. The second-order valence-corrected chi connectivity index (χ2v) is 10.5. The number of rotatable bonds is 17. The van der Waals surface area contributed by atoms with Gasteiger partial charge in [0.1, 0.15) is 5.75 Å². The third kappa shape index (κ3) is 11.0. The van der Waals surface area contributed by atoms with Crippen molar-refractivity contribution in [2.45, 2.75) is 122 Å². The molecule has 3 heteroatoms. The maximum atomic E-state index is 12.2. The van der Waals surface area contributed by atoms with Gasteiger partial charge in [0.05, 0.1) is 5.69 Å². The summed E-state index contributed by atoms with van der Waals surface area (Å²) in [6, 6.07) is 12.0. The average molecular weight is 478 g/mol. The summed E-state index contributed by atoms with van der Waals surface area (Å²) in [7, 11) is 0. The molecule has 0 bridgehead atoms. The summed E-state index contributed by atoms with van der Waals surface area (Å²) in [6.07, 6.45) is 24.7. The zero-order valence-electron chi connectivity index (χ0n) is 22.1. The van der Waals surface area contributed by atoms with Crippen LogP contribution in [0.5, 0.6) is 5.75 Å². The lowest BCUT2D eigenvalue weighted by molar-refractivity contribution is -0.134. The molecule has 0 atom stereocenters. The van der Waals surface area contributed by atoms with Gasteiger partial charge in [0.15, 0.2) is 0 Å². The van der Waals surface area contributed by atoms with E-state index >= 15 is 0 Å². The van der Waals surface area contributed by atoms with E-state index < -0.39 is 0 Å². The highest BCUT2D eigenvalue weighted by atomic mass is 16.5. The van der Waals surface area contributed by atoms with E-state index in [4.69, 9.17) is 4.74 Å². The Balaban J connectivity index is 1.29. The predicted octanol–water partition coefficient (Wildman–Crippen LogP) is 9.48. The first-order chi connectivity index (χ1) is 17.2. The van der Waals surface area contributed by atoms with Crippen LogP contribution in [0.25, 0.3) is 11.3 Å². The number of carbonyl (C=O) groups excluding carboxylic acids is 1. The lowest BCUT2D eigenvalue weighted by Crippen LogP contribution is -2.07. The number of unbranched alkanes of at least 4 members (excludes halogenated alkanes) is 9. The van der Waals surface area contributed by atoms with Crippen LogP contribution in [-0.4, -0.2) is 11.0 Å². The Labute approximate surface area is 214 Å². The van der Waals surface area contributed by atoms with Crippen molar-refractivity contribution < 1.29 is 9.53 Å². The first-order valence-electron chi connectivity index (χ1n) is 14.5. The molecule has 0 aliphatic heterocycles. The first kappa shape index (κ1) is 27.4. The molecule has 3 nitrogen and oxygen atoms in total. The normalized spacial score (nSPS) is 13.9. The maximum absolute atomic E-state index is 12.2. The Morgan fingerprint density at radius 1 is 0.829 bits per heavy atom. The summed E-state index contributed by atoms with van der Waals surface area (Å²) >= 11 is 0. The van der Waals surface area contributed by atoms with Crippen LogP contribution in [0.1, 0.15) is 122 Å². The zero-order chi connectivity index (χ0) is 24.6. The van der Waals surface area contributed by atoms with E-state index in [9.17, 15) is 4.79 Å². The minimum absolute atomic E-state index is 0.124. The summed E-state index contributed by atoms with van der Waals surface area (Å²) in [5.41, 5.74) is 3.32. The predicted molar refractivity (Wildman–Crippen MR) is 147 cm³/mol. The molecule has 0 unspecified atom stereocenters. The lowest BCUT2D eigenvalue weighted by Gasteiger charge is -2.08. The molecule has 1 aromatic carbocycles. The van der Waals surface area contributed by atoms with Gasteiger partial charge < -0.3 is 4.74 Å². The largest absolute Gasteiger partial charge is 0.427 e. The molecular weight excluding hydrogens is 430 g/mol. The molecule has 0 N–H and O–H groups in total. The Hall–Kier alpha value is -2.16. The summed E-state index contributed by atoms with van der Waals surface area (Å²) in [5.74, 6) is 1.47. The van der Waals surface area contributed by atoms with Crippen molar-refractivity contribution in [2.24, 2.45) is 5.92 Å². The van der Waals surface area contributed by atoms with E-state index in [1.54, 1.807) is 0 Å². The molecule has 0 radical (unpaired) electrons. The van der Waals surface area contributed by atoms with Crippen molar-refractivity contribution in [1.82, 2.24) is 4.98 Å². The van der Waals surface area contributed by atoms with Gasteiger partial charge in [-0.2, -0.15) is 0 Å². The van der Waals surface area contributed by atoms with Gasteiger partial charge in [0.25, 0.3) is 0 Å². The highest BCUT2D eigenvalue weighted by Gasteiger charge is 2.14. The molecule has 0 amide bonds. The fourth-order valence-corrected chi connectivity index (χ4v) is 5.26. The average Bonchev–Trinajstić information content (AvgIpc) is 3.40. The van der Waals surface area contributed by atoms with Gasteiger partial charge in [-0.05, 0) is 61.1 Å². The number of esters is 1. The Kier molecular flexibility index (Phi) is 12.9. The van der Waals surface area contributed by atoms with E-state index in [0.29, 0.717) is 12.2 Å². The number of pyridine rings is 1. The molecule has 1 aliphatic rings. The van der Waals surface area contributed by atoms with Gasteiger partial charge in [-0.1, -0.05) is 103 Å². The van der Waals surface area contributed by atoms with E-state index in [1.807, 2.05) is 30.5 Å². The molecule has 2 aromatic rings. The van der Waals surface area contributed by atoms with Crippen LogP contribution >= 0.6 is 0 Å². The van der Waals surface area contributed by atoms with Crippen LogP contribution in [0.3, 0.4) is 0 Å². The molecule has 192 valence electrons. The number of aryl methyl sites for hydroxylation is 1. The van der Waals surface area contributed by atoms with E-state index in [2.05, 4.69) is 24.0 Å². The third-order valence-corrected chi connectivity index (χ3v) is 7.49. The number of carbonyl (C=O) groups is 1. The van der Waals surface area contributed by atoms with Crippen LogP contribution in [0.2, 0.25) is 0 Å². The SMILES string of the molecule is CCCCCCCCCc1ccc(-c2ccc(OC(=O)CCCCCCC3CCCC3)cc2)nc1. The van der Waals surface area contributed by atoms with Gasteiger partial charge in [0, 0.05) is 18.2 Å². The van der Waals surface area contributed by atoms with Crippen molar-refractivity contribution in [1.29, 1.82) is 0 Å². The molecule has 1 fully saturated rings. The van der Waals surface area contributed by atoms with Crippen LogP contribution < -0.4 is 4.74 Å². The molecular formula is C32H47NO2. The standard InChI is InChI=1S/C32H47NO2/c1-2-3-4-5-6-7-11-18-28-20-25-31(33-26-28)29-21-23-30(24-22-29)35-32(34)19-12-9-8-10-15-27-16-13-14-17-27/h20-27H,2-19H2,1H3. The van der Waals surface area contributed by atoms with Gasteiger partial charge in [-0.3, -0.25) is 9.78 Å². The number of aromatic nitrogens is 1. The molecule has 1 aromatic heterocycles. The van der Waals surface area contributed by atoms with Crippen LogP contribution in [-0.2, 0) is 11.2 Å². The molecule has 3 rings (SSSR count). The summed E-state index contributed by atoms with van der Waals surface area (Å²) in [5, 5.41) is 0. The van der Waals surface area contributed by atoms with E-state index in [-0.39, 0.29) is 5.97 Å². The van der Waals surface area contributed by atoms with Gasteiger partial charge in [-0.15, -0.1) is 0 Å². The van der Waals surface area contributed by atoms with Gasteiger partial charge in [0.2, 0.25) is 0 Å². The second kappa shape index (κ2) is 16.5. The van der Waals surface area contributed by atoms with Crippen LogP contribution in [0.15, 0.2) is 42.6 Å². The molecule has 1 saturated carbocycles. The highest BCUT2D eigenvalue weighted by Crippen LogP contribution is 2.29. The van der Waals surface area contributed by atoms with Crippen molar-refractivity contribution in [2.75, 3.05) is 0 Å². The third-order valence-electron chi connectivity index (χ3n) is 7.49. The monoisotopic (exact) mass is 477 g/mol. The molecule has 1 heterocycles. The Bertz CT molecular complexity index is 822. The number of nitrogens with zero attached hydrogens (tertiary/aromatic N) is 1. The summed E-state index contributed by atoms with van der Waals surface area (Å²) < 4.78 is 5.54. The van der Waals surface area contributed by atoms with Gasteiger partial charge >= 0.3 is 5.97 Å². The smallest absolute Gasteiger partial charge is 0.311 e. The first-order valence-corrected chi connectivity index (χ1v) is 14.5. The number of ether oxygens (including phenoxy) is 1. The van der Waals surface area contributed by atoms with Crippen molar-refractivity contribution in [3.63, 3.8) is 0 Å². The molecule has 0 spiro atoms. The van der Waals surface area contributed by atoms with Crippen molar-refractivity contribution in [3.8, 4) is 17.0 Å². The number of hydrogen-bond donors (Lipinski definition) is 0. The Morgan fingerprint density at radius 3 is 2.23 bits per heavy atom. The van der Waals surface area contributed by atoms with Crippen LogP contribution in [0.4, 0.5) is 0 Å². The fourth-order valence-electron chi connectivity index (χ4n) is 5.26. The maximum Gasteiger partial charge on any atom is 0.311 e. The molecule has 0 saturated heterocycles. The summed E-state index contributed by atoms with van der Waals surface area (Å²) in [6.45, 7) is 2.26. The second-order valence-electron chi connectivity index (χ2n) is 10.5. The topological polar surface area (TPSA) is 39.2 Å². The summed E-state index contributed by atoms with van der Waals surface area (Å²) in [4.78, 5) is 16.8. The van der Waals surface area contributed by atoms with Gasteiger partial charge in [-0.25, -0.2) is 0 Å². The minimum Gasteiger partial charge on any atom is -0.427 e. The molecule has 35 heavy (non-hydrogen) atoms. The highest BCUT2D eigenvalue weighted by molar-refractivity contribution is 5.72. The lowest BCUT2D eigenvalue weighted by atomic mass is 9.99. The van der Waals surface area contributed by atoms with Crippen molar-refractivity contribution in [3.05, 3.63) is 48.2 Å². The minimum atomic E-state index is -0.124. The van der Waals surface area contributed by atoms with Crippen molar-refractivity contribution >= 4 is 5.97 Å².